The normalized spacial score (nSPS) is 15.3. The van der Waals surface area contributed by atoms with E-state index in [0.717, 1.165) is 0 Å². The lowest BCUT2D eigenvalue weighted by Gasteiger charge is -2.40. The van der Waals surface area contributed by atoms with Crippen LogP contribution in [0, 0.1) is 12.8 Å². The minimum absolute atomic E-state index is 0.0344. The molecule has 1 aromatic carbocycles. The smallest absolute Gasteiger partial charge is 0.408 e. The molecule has 0 radical (unpaired) electrons. The van der Waals surface area contributed by atoms with Gasteiger partial charge in [-0.05, 0) is 73.3 Å². The van der Waals surface area contributed by atoms with E-state index in [1.165, 1.54) is 4.90 Å². The van der Waals surface area contributed by atoms with E-state index < -0.39 is 41.1 Å². The van der Waals surface area contributed by atoms with Gasteiger partial charge < -0.3 is 25.4 Å². The first-order chi connectivity index (χ1) is 16.4. The number of benzene rings is 1. The predicted molar refractivity (Wildman–Crippen MR) is 143 cm³/mol. The lowest BCUT2D eigenvalue weighted by atomic mass is 9.93. The Hall–Kier alpha value is -2.77. The van der Waals surface area contributed by atoms with E-state index >= 15 is 0 Å². The highest BCUT2D eigenvalue weighted by Gasteiger charge is 2.41. The number of alkyl carbamates (subject to hydrolysis) is 1. The number of rotatable bonds is 9. The highest BCUT2D eigenvalue weighted by Crippen LogP contribution is 2.34. The molecular weight excluding hydrogens is 458 g/mol. The minimum atomic E-state index is -1.10. The molecular formula is C28H47N3O5. The van der Waals surface area contributed by atoms with Crippen LogP contribution in [0.15, 0.2) is 18.2 Å². The van der Waals surface area contributed by atoms with E-state index in [9.17, 15) is 19.5 Å². The topological polar surface area (TPSA) is 108 Å². The second kappa shape index (κ2) is 12.5. The molecule has 1 aromatic rings. The summed E-state index contributed by atoms with van der Waals surface area (Å²) in [4.78, 5) is 42.1. The molecule has 0 aliphatic heterocycles. The average molecular weight is 506 g/mol. The van der Waals surface area contributed by atoms with E-state index in [4.69, 9.17) is 4.74 Å². The third-order valence-corrected chi connectivity index (χ3v) is 6.06. The highest BCUT2D eigenvalue weighted by atomic mass is 16.6. The van der Waals surface area contributed by atoms with Crippen LogP contribution in [0.5, 0.6) is 5.75 Å². The summed E-state index contributed by atoms with van der Waals surface area (Å²) in [6, 6.07) is 2.79. The van der Waals surface area contributed by atoms with Crippen LogP contribution in [0.3, 0.4) is 0 Å². The SMILES string of the molecule is CCC(C)C(NC(=O)OC(C)(C)C)C(=O)N(C(C)CC)C(C(=O)NC(C)(C)C)c1cccc(C)c1O. The number of aromatic hydroxyl groups is 1. The van der Waals surface area contributed by atoms with E-state index in [0.29, 0.717) is 24.0 Å². The van der Waals surface area contributed by atoms with Crippen molar-refractivity contribution in [2.24, 2.45) is 5.92 Å². The maximum atomic E-state index is 14.2. The van der Waals surface area contributed by atoms with Crippen molar-refractivity contribution in [1.29, 1.82) is 0 Å². The maximum Gasteiger partial charge on any atom is 0.408 e. The summed E-state index contributed by atoms with van der Waals surface area (Å²) in [7, 11) is 0. The van der Waals surface area contributed by atoms with Crippen LogP contribution in [-0.2, 0) is 14.3 Å². The third kappa shape index (κ3) is 8.71. The van der Waals surface area contributed by atoms with Crippen LogP contribution in [0.4, 0.5) is 4.79 Å². The van der Waals surface area contributed by atoms with E-state index in [1.54, 1.807) is 45.9 Å². The Kier molecular flexibility index (Phi) is 10.8. The van der Waals surface area contributed by atoms with Crippen molar-refractivity contribution in [3.8, 4) is 5.75 Å². The molecule has 0 spiro atoms. The molecule has 0 aliphatic carbocycles. The van der Waals surface area contributed by atoms with Crippen molar-refractivity contribution in [3.05, 3.63) is 29.3 Å². The predicted octanol–water partition coefficient (Wildman–Crippen LogP) is 5.22. The number of aryl methyl sites for hydroxylation is 1. The minimum Gasteiger partial charge on any atom is -0.507 e. The van der Waals surface area contributed by atoms with Gasteiger partial charge in [-0.25, -0.2) is 4.79 Å². The molecule has 4 atom stereocenters. The summed E-state index contributed by atoms with van der Waals surface area (Å²) in [6.45, 7) is 20.2. The molecule has 0 aromatic heterocycles. The summed E-state index contributed by atoms with van der Waals surface area (Å²) < 4.78 is 5.43. The molecule has 36 heavy (non-hydrogen) atoms. The molecule has 0 bridgehead atoms. The molecule has 1 rings (SSSR count). The Bertz CT molecular complexity index is 917. The van der Waals surface area contributed by atoms with Crippen molar-refractivity contribution in [2.45, 2.75) is 118 Å². The number of carbonyl (C=O) groups excluding carboxylic acids is 3. The van der Waals surface area contributed by atoms with Crippen LogP contribution in [0.25, 0.3) is 0 Å². The van der Waals surface area contributed by atoms with E-state index in [2.05, 4.69) is 10.6 Å². The van der Waals surface area contributed by atoms with Gasteiger partial charge in [-0.15, -0.1) is 0 Å². The molecule has 8 nitrogen and oxygen atoms in total. The van der Waals surface area contributed by atoms with Gasteiger partial charge in [-0.1, -0.05) is 45.4 Å². The average Bonchev–Trinajstić information content (AvgIpc) is 2.74. The summed E-state index contributed by atoms with van der Waals surface area (Å²) in [5.41, 5.74) is -0.357. The first-order valence-corrected chi connectivity index (χ1v) is 12.9. The summed E-state index contributed by atoms with van der Waals surface area (Å²) in [6.07, 6.45) is 0.492. The van der Waals surface area contributed by atoms with Crippen molar-refractivity contribution in [1.82, 2.24) is 15.5 Å². The Balaban J connectivity index is 3.69. The molecule has 0 saturated heterocycles. The lowest BCUT2D eigenvalue weighted by Crippen LogP contribution is -2.58. The molecule has 0 saturated carbocycles. The fourth-order valence-electron chi connectivity index (χ4n) is 3.83. The number of phenols is 1. The molecule has 0 aliphatic rings. The van der Waals surface area contributed by atoms with Gasteiger partial charge >= 0.3 is 6.09 Å². The Morgan fingerprint density at radius 2 is 1.61 bits per heavy atom. The number of para-hydroxylation sites is 1. The Morgan fingerprint density at radius 3 is 2.08 bits per heavy atom. The molecule has 4 unspecified atom stereocenters. The zero-order chi connectivity index (χ0) is 28.0. The fraction of sp³-hybridized carbons (Fsp3) is 0.679. The number of hydrogen-bond acceptors (Lipinski definition) is 5. The van der Waals surface area contributed by atoms with Crippen LogP contribution in [-0.4, -0.2) is 51.1 Å². The maximum absolute atomic E-state index is 14.2. The van der Waals surface area contributed by atoms with Gasteiger partial charge in [0.25, 0.3) is 0 Å². The standard InChI is InChI=1S/C28H47N3O5/c1-12-17(3)21(29-26(35)36-28(9,10)11)25(34)31(19(5)13-2)22(24(33)30-27(6,7)8)20-16-14-15-18(4)23(20)32/h14-17,19,21-22,32H,12-13H2,1-11H3,(H,29,35)(H,30,33). The van der Waals surface area contributed by atoms with Gasteiger partial charge in [-0.3, -0.25) is 9.59 Å². The Labute approximate surface area is 217 Å². The molecule has 3 amide bonds. The van der Waals surface area contributed by atoms with Crippen molar-refractivity contribution < 1.29 is 24.2 Å². The second-order valence-electron chi connectivity index (χ2n) is 11.7. The number of amides is 3. The van der Waals surface area contributed by atoms with Crippen LogP contribution < -0.4 is 10.6 Å². The number of hydrogen-bond donors (Lipinski definition) is 3. The van der Waals surface area contributed by atoms with Gasteiger partial charge in [-0.2, -0.15) is 0 Å². The van der Waals surface area contributed by atoms with Crippen LogP contribution in [0.2, 0.25) is 0 Å². The number of carbonyl (C=O) groups is 3. The zero-order valence-electron chi connectivity index (χ0n) is 24.0. The monoisotopic (exact) mass is 505 g/mol. The van der Waals surface area contributed by atoms with Crippen molar-refractivity contribution in [2.75, 3.05) is 0 Å². The zero-order valence-corrected chi connectivity index (χ0v) is 24.0. The van der Waals surface area contributed by atoms with Crippen LogP contribution >= 0.6 is 0 Å². The van der Waals surface area contributed by atoms with E-state index in [1.807, 2.05) is 48.5 Å². The first-order valence-electron chi connectivity index (χ1n) is 12.9. The summed E-state index contributed by atoms with van der Waals surface area (Å²) in [5, 5.41) is 16.7. The quantitative estimate of drug-likeness (QED) is 0.426. The molecule has 0 heterocycles. The lowest BCUT2D eigenvalue weighted by molar-refractivity contribution is -0.146. The summed E-state index contributed by atoms with van der Waals surface area (Å²) in [5.74, 6) is -1.07. The fourth-order valence-corrected chi connectivity index (χ4v) is 3.83. The van der Waals surface area contributed by atoms with Gasteiger partial charge in [0.2, 0.25) is 11.8 Å². The van der Waals surface area contributed by atoms with Gasteiger partial charge in [0, 0.05) is 17.1 Å². The van der Waals surface area contributed by atoms with Gasteiger partial charge in [0.05, 0.1) is 0 Å². The first kappa shape index (κ1) is 31.3. The number of ether oxygens (including phenoxy) is 1. The summed E-state index contributed by atoms with van der Waals surface area (Å²) >= 11 is 0. The molecule has 3 N–H and O–H groups in total. The van der Waals surface area contributed by atoms with Crippen molar-refractivity contribution >= 4 is 17.9 Å². The van der Waals surface area contributed by atoms with Gasteiger partial charge in [0.15, 0.2) is 0 Å². The largest absolute Gasteiger partial charge is 0.507 e. The Morgan fingerprint density at radius 1 is 1.03 bits per heavy atom. The second-order valence-corrected chi connectivity index (χ2v) is 11.7. The number of nitrogens with zero attached hydrogens (tertiary/aromatic N) is 1. The van der Waals surface area contributed by atoms with E-state index in [-0.39, 0.29) is 17.7 Å². The molecule has 204 valence electrons. The molecule has 0 fully saturated rings. The number of nitrogens with one attached hydrogen (secondary N) is 2. The van der Waals surface area contributed by atoms with Crippen LogP contribution in [0.1, 0.15) is 99.2 Å². The molecule has 8 heteroatoms. The highest BCUT2D eigenvalue weighted by molar-refractivity contribution is 5.93. The van der Waals surface area contributed by atoms with Gasteiger partial charge in [0.1, 0.15) is 23.4 Å². The third-order valence-electron chi connectivity index (χ3n) is 6.06. The van der Waals surface area contributed by atoms with Crippen molar-refractivity contribution in [3.63, 3.8) is 0 Å². The number of phenolic OH excluding ortho intramolecular Hbond substituents is 1.